The zero-order chi connectivity index (χ0) is 24.6. The molecule has 0 spiro atoms. The summed E-state index contributed by atoms with van der Waals surface area (Å²) in [5.74, 6) is -5.06. The topological polar surface area (TPSA) is 35.6 Å². The molecule has 0 atom stereocenters. The molecule has 0 bridgehead atoms. The first-order valence-corrected chi connectivity index (χ1v) is 10.6. The van der Waals surface area contributed by atoms with Crippen molar-refractivity contribution in [3.63, 3.8) is 0 Å². The predicted molar refractivity (Wildman–Crippen MR) is 122 cm³/mol. The highest BCUT2D eigenvalue weighted by Gasteiger charge is 2.59. The van der Waals surface area contributed by atoms with Gasteiger partial charge in [0.05, 0.1) is 17.4 Å². The van der Waals surface area contributed by atoms with Gasteiger partial charge in [0.25, 0.3) is 0 Å². The molecule has 5 aromatic rings. The summed E-state index contributed by atoms with van der Waals surface area (Å²) in [7, 11) is 0. The predicted octanol–water partition coefficient (Wildman–Crippen LogP) is 7.05. The number of para-hydroxylation sites is 1. The Balaban J connectivity index is 1.82. The summed E-state index contributed by atoms with van der Waals surface area (Å²) in [5, 5.41) is 8.70. The molecule has 0 aliphatic carbocycles. The molecule has 0 unspecified atom stereocenters. The molecule has 0 radical (unpaired) electrons. The van der Waals surface area contributed by atoms with Crippen molar-refractivity contribution in [2.75, 3.05) is 0 Å². The fourth-order valence-electron chi connectivity index (χ4n) is 3.80. The monoisotopic (exact) mass is 480 g/mol. The summed E-state index contributed by atoms with van der Waals surface area (Å²) in [6, 6.07) is 27.1. The molecule has 0 N–H and O–H groups in total. The van der Waals surface area contributed by atoms with Crippen LogP contribution in [0.1, 0.15) is 5.56 Å². The molecule has 3 aromatic carbocycles. The first-order chi connectivity index (χ1) is 16.8. The van der Waals surface area contributed by atoms with Gasteiger partial charge in [-0.15, -0.1) is 0 Å². The first-order valence-electron chi connectivity index (χ1n) is 10.6. The van der Waals surface area contributed by atoms with E-state index in [4.69, 9.17) is 5.10 Å². The highest BCUT2D eigenvalue weighted by Crippen LogP contribution is 2.44. The van der Waals surface area contributed by atoms with Gasteiger partial charge in [0.15, 0.2) is 0 Å². The second kappa shape index (κ2) is 8.50. The van der Waals surface area contributed by atoms with Crippen LogP contribution in [-0.2, 0) is 5.92 Å². The summed E-state index contributed by atoms with van der Waals surface area (Å²) in [6.45, 7) is 0. The van der Waals surface area contributed by atoms with Crippen molar-refractivity contribution in [1.82, 2.24) is 19.6 Å². The van der Waals surface area contributed by atoms with Gasteiger partial charge in [0, 0.05) is 17.3 Å². The largest absolute Gasteiger partial charge is 0.458 e. The van der Waals surface area contributed by atoms with Crippen LogP contribution in [0.25, 0.3) is 33.9 Å². The van der Waals surface area contributed by atoms with Crippen LogP contribution in [0.5, 0.6) is 0 Å². The second-order valence-corrected chi connectivity index (χ2v) is 7.77. The van der Waals surface area contributed by atoms with E-state index in [1.807, 2.05) is 54.6 Å². The zero-order valence-electron chi connectivity index (χ0n) is 18.0. The molecule has 176 valence electrons. The summed E-state index contributed by atoms with van der Waals surface area (Å²) in [6.07, 6.45) is -4.50. The third kappa shape index (κ3) is 3.99. The maximum Gasteiger partial charge on any atom is 0.458 e. The van der Waals surface area contributed by atoms with E-state index in [-0.39, 0.29) is 5.69 Å². The van der Waals surface area contributed by atoms with E-state index in [0.717, 1.165) is 4.68 Å². The Bertz CT molecular complexity index is 1440. The van der Waals surface area contributed by atoms with Crippen LogP contribution >= 0.6 is 0 Å². The SMILES string of the molecule is FC(F)(F)C(F)(F)c1cnn(-c2c(-c3ccccc3)nn(-c3ccccc3)c2-c2ccccc2)c1. The summed E-state index contributed by atoms with van der Waals surface area (Å²) in [5.41, 5.74) is 1.89. The molecule has 0 amide bonds. The van der Waals surface area contributed by atoms with Crippen molar-refractivity contribution in [2.45, 2.75) is 12.1 Å². The minimum atomic E-state index is -5.75. The molecule has 0 saturated carbocycles. The molecule has 0 aliphatic heterocycles. The maximum atomic E-state index is 14.1. The van der Waals surface area contributed by atoms with Crippen LogP contribution in [0.15, 0.2) is 103 Å². The number of halogens is 5. The van der Waals surface area contributed by atoms with Gasteiger partial charge in [-0.2, -0.15) is 32.1 Å². The fourth-order valence-corrected chi connectivity index (χ4v) is 3.80. The van der Waals surface area contributed by atoms with Gasteiger partial charge in [-0.05, 0) is 12.1 Å². The number of aromatic nitrogens is 4. The van der Waals surface area contributed by atoms with Gasteiger partial charge >= 0.3 is 12.1 Å². The number of hydrogen-bond donors (Lipinski definition) is 0. The molecule has 35 heavy (non-hydrogen) atoms. The Morgan fingerprint density at radius 3 is 1.77 bits per heavy atom. The van der Waals surface area contributed by atoms with E-state index in [2.05, 4.69) is 5.10 Å². The van der Waals surface area contributed by atoms with Crippen LogP contribution in [0.2, 0.25) is 0 Å². The number of nitrogens with zero attached hydrogens (tertiary/aromatic N) is 4. The molecule has 9 heteroatoms. The van der Waals surface area contributed by atoms with Gasteiger partial charge < -0.3 is 0 Å². The smallest absolute Gasteiger partial charge is 0.236 e. The molecule has 0 aliphatic rings. The van der Waals surface area contributed by atoms with Crippen LogP contribution in [-0.4, -0.2) is 25.7 Å². The van der Waals surface area contributed by atoms with E-state index in [1.54, 1.807) is 41.1 Å². The standard InChI is InChI=1S/C26H17F5N4/c27-25(28,26(29,30)31)20-16-32-34(17-20)24-22(18-10-4-1-5-11-18)33-35(21-14-8-3-9-15-21)23(24)19-12-6-2-7-13-19/h1-17H. The molecular formula is C26H17F5N4. The first kappa shape index (κ1) is 22.5. The second-order valence-electron chi connectivity index (χ2n) is 7.77. The lowest BCUT2D eigenvalue weighted by Crippen LogP contribution is -2.33. The Labute approximate surface area is 196 Å². The fraction of sp³-hybridized carbons (Fsp3) is 0.0769. The third-order valence-corrected chi connectivity index (χ3v) is 5.49. The molecule has 4 nitrogen and oxygen atoms in total. The van der Waals surface area contributed by atoms with Crippen molar-refractivity contribution in [2.24, 2.45) is 0 Å². The number of alkyl halides is 5. The Morgan fingerprint density at radius 1 is 0.657 bits per heavy atom. The Morgan fingerprint density at radius 2 is 1.20 bits per heavy atom. The van der Waals surface area contributed by atoms with Crippen molar-refractivity contribution in [3.8, 4) is 33.9 Å². The third-order valence-electron chi connectivity index (χ3n) is 5.49. The van der Waals surface area contributed by atoms with Gasteiger partial charge in [-0.3, -0.25) is 0 Å². The highest BCUT2D eigenvalue weighted by molar-refractivity contribution is 5.82. The van der Waals surface area contributed by atoms with E-state index in [0.29, 0.717) is 40.6 Å². The Kier molecular flexibility index (Phi) is 5.47. The minimum absolute atomic E-state index is 0.274. The zero-order valence-corrected chi connectivity index (χ0v) is 18.0. The lowest BCUT2D eigenvalue weighted by atomic mass is 10.1. The van der Waals surface area contributed by atoms with Gasteiger partial charge in [-0.1, -0.05) is 78.9 Å². The highest BCUT2D eigenvalue weighted by atomic mass is 19.4. The van der Waals surface area contributed by atoms with Crippen molar-refractivity contribution < 1.29 is 22.0 Å². The average Bonchev–Trinajstić information content (AvgIpc) is 3.51. The van der Waals surface area contributed by atoms with E-state index < -0.39 is 17.7 Å². The van der Waals surface area contributed by atoms with Crippen LogP contribution in [0.4, 0.5) is 22.0 Å². The lowest BCUT2D eigenvalue weighted by Gasteiger charge is -2.17. The normalized spacial score (nSPS) is 12.1. The minimum Gasteiger partial charge on any atom is -0.236 e. The summed E-state index contributed by atoms with van der Waals surface area (Å²) < 4.78 is 70.0. The quantitative estimate of drug-likeness (QED) is 0.253. The van der Waals surface area contributed by atoms with Crippen LogP contribution in [0.3, 0.4) is 0 Å². The average molecular weight is 480 g/mol. The molecule has 0 fully saturated rings. The molecule has 0 saturated heterocycles. The van der Waals surface area contributed by atoms with Crippen molar-refractivity contribution >= 4 is 0 Å². The van der Waals surface area contributed by atoms with Gasteiger partial charge in [-0.25, -0.2) is 9.36 Å². The lowest BCUT2D eigenvalue weighted by molar-refractivity contribution is -0.289. The van der Waals surface area contributed by atoms with Gasteiger partial charge in [0.1, 0.15) is 17.1 Å². The number of rotatable bonds is 5. The van der Waals surface area contributed by atoms with Gasteiger partial charge in [0.2, 0.25) is 0 Å². The number of hydrogen-bond acceptors (Lipinski definition) is 2. The van der Waals surface area contributed by atoms with Crippen molar-refractivity contribution in [3.05, 3.63) is 109 Å². The molecule has 2 aromatic heterocycles. The van der Waals surface area contributed by atoms with E-state index >= 15 is 0 Å². The Hall–Kier alpha value is -4.27. The van der Waals surface area contributed by atoms with Crippen LogP contribution in [0, 0.1) is 0 Å². The summed E-state index contributed by atoms with van der Waals surface area (Å²) >= 11 is 0. The molecular weight excluding hydrogens is 463 g/mol. The molecule has 2 heterocycles. The summed E-state index contributed by atoms with van der Waals surface area (Å²) in [4.78, 5) is 0. The van der Waals surface area contributed by atoms with Crippen LogP contribution < -0.4 is 0 Å². The van der Waals surface area contributed by atoms with E-state index in [1.165, 1.54) is 0 Å². The maximum absolute atomic E-state index is 14.1. The van der Waals surface area contributed by atoms with Crippen molar-refractivity contribution in [1.29, 1.82) is 0 Å². The number of benzene rings is 3. The molecule has 5 rings (SSSR count). The van der Waals surface area contributed by atoms with E-state index in [9.17, 15) is 22.0 Å².